The molecule has 0 N–H and O–H groups in total. The summed E-state index contributed by atoms with van der Waals surface area (Å²) in [7, 11) is 0. The van der Waals surface area contributed by atoms with Gasteiger partial charge in [0, 0.05) is 24.2 Å². The zero-order chi connectivity index (χ0) is 14.5. The largest absolute Gasteiger partial charge is 0.334 e. The molecule has 1 atom stereocenters. The second-order valence-corrected chi connectivity index (χ2v) is 5.46. The van der Waals surface area contributed by atoms with E-state index in [1.54, 1.807) is 17.0 Å². The molecule has 20 heavy (non-hydrogen) atoms. The van der Waals surface area contributed by atoms with Crippen LogP contribution in [-0.4, -0.2) is 17.4 Å². The van der Waals surface area contributed by atoms with Gasteiger partial charge in [-0.3, -0.25) is 4.79 Å². The van der Waals surface area contributed by atoms with Gasteiger partial charge in [-0.05, 0) is 24.8 Å². The van der Waals surface area contributed by atoms with Crippen LogP contribution in [0.4, 0.5) is 4.39 Å². The topological polar surface area (TPSA) is 20.3 Å². The minimum absolute atomic E-state index is 0.0699. The molecule has 0 saturated heterocycles. The molecule has 1 aromatic rings. The van der Waals surface area contributed by atoms with Crippen molar-refractivity contribution in [3.05, 3.63) is 47.3 Å². The molecule has 0 spiro atoms. The van der Waals surface area contributed by atoms with Gasteiger partial charge in [0.25, 0.3) is 0 Å². The van der Waals surface area contributed by atoms with Crippen molar-refractivity contribution in [3.8, 4) is 0 Å². The summed E-state index contributed by atoms with van der Waals surface area (Å²) in [4.78, 5) is 14.3. The number of rotatable bonds is 5. The maximum absolute atomic E-state index is 13.7. The number of halogens is 1. The molecule has 3 heteroatoms. The van der Waals surface area contributed by atoms with E-state index in [-0.39, 0.29) is 17.6 Å². The molecule has 2 rings (SSSR count). The van der Waals surface area contributed by atoms with E-state index in [2.05, 4.69) is 19.9 Å². The van der Waals surface area contributed by atoms with E-state index in [0.717, 1.165) is 24.8 Å². The Morgan fingerprint density at radius 2 is 2.10 bits per heavy atom. The Hall–Kier alpha value is -1.64. The lowest BCUT2D eigenvalue weighted by atomic mass is 9.92. The van der Waals surface area contributed by atoms with Gasteiger partial charge >= 0.3 is 0 Å². The van der Waals surface area contributed by atoms with Gasteiger partial charge in [-0.2, -0.15) is 0 Å². The third kappa shape index (κ3) is 3.27. The molecule has 0 saturated carbocycles. The van der Waals surface area contributed by atoms with Crippen LogP contribution in [-0.2, 0) is 11.3 Å². The second-order valence-electron chi connectivity index (χ2n) is 5.46. The van der Waals surface area contributed by atoms with Crippen molar-refractivity contribution >= 4 is 5.91 Å². The first-order chi connectivity index (χ1) is 9.63. The molecule has 1 aromatic carbocycles. The molecule has 1 aliphatic rings. The van der Waals surface area contributed by atoms with Crippen LogP contribution in [0, 0.1) is 11.7 Å². The summed E-state index contributed by atoms with van der Waals surface area (Å²) >= 11 is 0. The molecule has 2 nitrogen and oxygen atoms in total. The van der Waals surface area contributed by atoms with Crippen molar-refractivity contribution in [2.75, 3.05) is 6.54 Å². The fraction of sp³-hybridized carbons (Fsp3) is 0.471. The molecular formula is C17H22FNO. The van der Waals surface area contributed by atoms with E-state index in [1.165, 1.54) is 6.07 Å². The molecule has 0 bridgehead atoms. The monoisotopic (exact) mass is 275 g/mol. The van der Waals surface area contributed by atoms with Crippen molar-refractivity contribution in [1.82, 2.24) is 4.90 Å². The molecule has 108 valence electrons. The highest BCUT2D eigenvalue weighted by Crippen LogP contribution is 2.24. The van der Waals surface area contributed by atoms with E-state index >= 15 is 0 Å². The summed E-state index contributed by atoms with van der Waals surface area (Å²) in [6.07, 6.45) is 5.01. The van der Waals surface area contributed by atoms with Crippen molar-refractivity contribution in [2.45, 2.75) is 39.7 Å². The molecule has 1 heterocycles. The van der Waals surface area contributed by atoms with Crippen LogP contribution in [0.25, 0.3) is 0 Å². The van der Waals surface area contributed by atoms with E-state index < -0.39 is 0 Å². The highest BCUT2D eigenvalue weighted by Gasteiger charge is 2.25. The highest BCUT2D eigenvalue weighted by atomic mass is 19.1. The smallest absolute Gasteiger partial charge is 0.250 e. The number of nitrogens with zero attached hydrogens (tertiary/aromatic N) is 1. The molecule has 0 fully saturated rings. The zero-order valence-corrected chi connectivity index (χ0v) is 12.2. The minimum Gasteiger partial charge on any atom is -0.334 e. The quantitative estimate of drug-likeness (QED) is 0.797. The van der Waals surface area contributed by atoms with Crippen LogP contribution in [0.1, 0.15) is 38.7 Å². The second kappa shape index (κ2) is 6.69. The van der Waals surface area contributed by atoms with Gasteiger partial charge in [0.05, 0.1) is 0 Å². The average molecular weight is 275 g/mol. The summed E-state index contributed by atoms with van der Waals surface area (Å²) in [5.74, 6) is 0.120. The Labute approximate surface area is 120 Å². The molecule has 0 aliphatic carbocycles. The van der Waals surface area contributed by atoms with Gasteiger partial charge in [-0.1, -0.05) is 44.5 Å². The van der Waals surface area contributed by atoms with Crippen LogP contribution >= 0.6 is 0 Å². The molecular weight excluding hydrogens is 253 g/mol. The molecule has 0 aromatic heterocycles. The van der Waals surface area contributed by atoms with Gasteiger partial charge < -0.3 is 4.90 Å². The van der Waals surface area contributed by atoms with Crippen LogP contribution in [0.3, 0.4) is 0 Å². The molecule has 1 unspecified atom stereocenters. The number of hydrogen-bond acceptors (Lipinski definition) is 1. The van der Waals surface area contributed by atoms with E-state index in [4.69, 9.17) is 0 Å². The van der Waals surface area contributed by atoms with Crippen molar-refractivity contribution < 1.29 is 9.18 Å². The lowest BCUT2D eigenvalue weighted by molar-refractivity contribution is -0.129. The Bertz CT molecular complexity index is 509. The predicted molar refractivity (Wildman–Crippen MR) is 78.6 cm³/mol. The van der Waals surface area contributed by atoms with Crippen molar-refractivity contribution in [2.24, 2.45) is 5.92 Å². The van der Waals surface area contributed by atoms with Crippen molar-refractivity contribution in [3.63, 3.8) is 0 Å². The van der Waals surface area contributed by atoms with Gasteiger partial charge in [-0.25, -0.2) is 4.39 Å². The summed E-state index contributed by atoms with van der Waals surface area (Å²) in [6.45, 7) is 5.26. The van der Waals surface area contributed by atoms with Crippen molar-refractivity contribution in [1.29, 1.82) is 0 Å². The first-order valence-electron chi connectivity index (χ1n) is 7.36. The lowest BCUT2D eigenvalue weighted by Crippen LogP contribution is -2.37. The van der Waals surface area contributed by atoms with E-state index in [9.17, 15) is 9.18 Å². The molecule has 1 aliphatic heterocycles. The summed E-state index contributed by atoms with van der Waals surface area (Å²) in [6, 6.07) is 6.67. The Morgan fingerprint density at radius 3 is 2.80 bits per heavy atom. The van der Waals surface area contributed by atoms with Gasteiger partial charge in [-0.15, -0.1) is 0 Å². The van der Waals surface area contributed by atoms with Crippen LogP contribution < -0.4 is 0 Å². The first-order valence-corrected chi connectivity index (χ1v) is 7.36. The lowest BCUT2D eigenvalue weighted by Gasteiger charge is -2.29. The first kappa shape index (κ1) is 14.8. The number of hydrogen-bond donors (Lipinski definition) is 0. The van der Waals surface area contributed by atoms with Crippen LogP contribution in [0.15, 0.2) is 35.9 Å². The number of carbonyl (C=O) groups excluding carboxylic acids is 1. The average Bonchev–Trinajstić information content (AvgIpc) is 2.43. The third-order valence-corrected chi connectivity index (χ3v) is 3.87. The fourth-order valence-corrected chi connectivity index (χ4v) is 2.73. The number of amides is 1. The molecule has 0 radical (unpaired) electrons. The maximum Gasteiger partial charge on any atom is 0.250 e. The standard InChI is InChI=1S/C17H22FNO/c1-3-7-13(2)15-9-6-11-19(17(15)20)12-14-8-4-5-10-16(14)18/h4-5,8-10,13H,3,6-7,11-12H2,1-2H3. The van der Waals surface area contributed by atoms with Gasteiger partial charge in [0.1, 0.15) is 5.82 Å². The van der Waals surface area contributed by atoms with E-state index in [0.29, 0.717) is 18.7 Å². The zero-order valence-electron chi connectivity index (χ0n) is 12.2. The van der Waals surface area contributed by atoms with Crippen LogP contribution in [0.5, 0.6) is 0 Å². The van der Waals surface area contributed by atoms with Gasteiger partial charge in [0.2, 0.25) is 5.91 Å². The van der Waals surface area contributed by atoms with Gasteiger partial charge in [0.15, 0.2) is 0 Å². The number of carbonyl (C=O) groups is 1. The summed E-state index contributed by atoms with van der Waals surface area (Å²) in [5, 5.41) is 0. The minimum atomic E-state index is -0.238. The number of benzene rings is 1. The normalized spacial score (nSPS) is 17.1. The Kier molecular flexibility index (Phi) is 4.94. The SMILES string of the molecule is CCCC(C)C1=CCCN(Cc2ccccc2F)C1=O. The fourth-order valence-electron chi connectivity index (χ4n) is 2.73. The highest BCUT2D eigenvalue weighted by molar-refractivity contribution is 5.94. The Balaban J connectivity index is 2.10. The Morgan fingerprint density at radius 1 is 1.35 bits per heavy atom. The van der Waals surface area contributed by atoms with Crippen LogP contribution in [0.2, 0.25) is 0 Å². The summed E-state index contributed by atoms with van der Waals surface area (Å²) < 4.78 is 13.7. The maximum atomic E-state index is 13.7. The van der Waals surface area contributed by atoms with E-state index in [1.807, 2.05) is 6.07 Å². The summed E-state index contributed by atoms with van der Waals surface area (Å²) in [5.41, 5.74) is 1.49. The predicted octanol–water partition coefficient (Wildman–Crippen LogP) is 3.92. The third-order valence-electron chi connectivity index (χ3n) is 3.87. The molecule has 1 amide bonds.